The minimum Gasteiger partial charge on any atom is -0.481 e. The Labute approximate surface area is 105 Å². The molecule has 1 atom stereocenters. The average molecular weight is 257 g/mol. The van der Waals surface area contributed by atoms with E-state index in [2.05, 4.69) is 0 Å². The van der Waals surface area contributed by atoms with E-state index in [9.17, 15) is 13.6 Å². The largest absolute Gasteiger partial charge is 0.481 e. The number of halogens is 2. The van der Waals surface area contributed by atoms with Gasteiger partial charge in [0, 0.05) is 17.0 Å². The molecule has 0 bridgehead atoms. The fourth-order valence-corrected chi connectivity index (χ4v) is 1.90. The summed E-state index contributed by atoms with van der Waals surface area (Å²) in [6.45, 7) is 3.38. The number of hydrogen-bond donors (Lipinski definition) is 2. The van der Waals surface area contributed by atoms with Gasteiger partial charge in [-0.25, -0.2) is 8.78 Å². The van der Waals surface area contributed by atoms with Crippen LogP contribution in [0.1, 0.15) is 43.7 Å². The van der Waals surface area contributed by atoms with Crippen LogP contribution in [0.5, 0.6) is 0 Å². The molecule has 0 aliphatic rings. The van der Waals surface area contributed by atoms with E-state index >= 15 is 0 Å². The maximum atomic E-state index is 12.6. The monoisotopic (exact) mass is 257 g/mol. The number of nitrogens with two attached hydrogens (primary N) is 1. The molecule has 5 heteroatoms. The van der Waals surface area contributed by atoms with Crippen LogP contribution in [0.15, 0.2) is 24.3 Å². The first-order valence-corrected chi connectivity index (χ1v) is 5.60. The summed E-state index contributed by atoms with van der Waals surface area (Å²) in [4.78, 5) is 10.8. The predicted molar refractivity (Wildman–Crippen MR) is 64.7 cm³/mol. The van der Waals surface area contributed by atoms with Gasteiger partial charge in [0.2, 0.25) is 0 Å². The van der Waals surface area contributed by atoms with Crippen LogP contribution in [-0.4, -0.2) is 16.6 Å². The van der Waals surface area contributed by atoms with Gasteiger partial charge in [-0.05, 0) is 25.5 Å². The van der Waals surface area contributed by atoms with Crippen LogP contribution in [-0.2, 0) is 4.79 Å². The molecule has 100 valence electrons. The van der Waals surface area contributed by atoms with Gasteiger partial charge >= 0.3 is 5.97 Å². The van der Waals surface area contributed by atoms with E-state index in [4.69, 9.17) is 10.8 Å². The number of aliphatic carboxylic acids is 1. The van der Waals surface area contributed by atoms with Crippen molar-refractivity contribution in [2.45, 2.75) is 38.2 Å². The lowest BCUT2D eigenvalue weighted by atomic mass is 9.80. The number of benzene rings is 1. The summed E-state index contributed by atoms with van der Waals surface area (Å²) in [5.41, 5.74) is 5.55. The van der Waals surface area contributed by atoms with Crippen molar-refractivity contribution in [3.8, 4) is 0 Å². The molecule has 1 rings (SSSR count). The molecule has 1 aromatic rings. The second-order valence-electron chi connectivity index (χ2n) is 4.94. The number of alkyl halides is 2. The molecule has 18 heavy (non-hydrogen) atoms. The Hall–Kier alpha value is -1.49. The second-order valence-corrected chi connectivity index (χ2v) is 4.94. The van der Waals surface area contributed by atoms with E-state index in [0.717, 1.165) is 0 Å². The van der Waals surface area contributed by atoms with Gasteiger partial charge in [0.05, 0.1) is 6.42 Å². The van der Waals surface area contributed by atoms with Gasteiger partial charge in [-0.3, -0.25) is 4.79 Å². The smallest absolute Gasteiger partial charge is 0.304 e. The van der Waals surface area contributed by atoms with Gasteiger partial charge in [-0.2, -0.15) is 0 Å². The second kappa shape index (κ2) is 5.44. The van der Waals surface area contributed by atoms with Crippen molar-refractivity contribution in [3.05, 3.63) is 35.4 Å². The zero-order chi connectivity index (χ0) is 13.9. The fourth-order valence-electron chi connectivity index (χ4n) is 1.90. The van der Waals surface area contributed by atoms with Crippen molar-refractivity contribution in [3.63, 3.8) is 0 Å². The first kappa shape index (κ1) is 14.6. The van der Waals surface area contributed by atoms with Gasteiger partial charge in [-0.15, -0.1) is 0 Å². The lowest BCUT2D eigenvalue weighted by molar-refractivity contribution is -0.137. The van der Waals surface area contributed by atoms with Crippen LogP contribution in [0.4, 0.5) is 8.78 Å². The zero-order valence-electron chi connectivity index (χ0n) is 10.4. The molecular formula is C13H17F2NO2. The van der Waals surface area contributed by atoms with E-state index in [1.165, 1.54) is 18.2 Å². The number of carboxylic acids is 1. The molecule has 1 unspecified atom stereocenters. The van der Waals surface area contributed by atoms with Crippen LogP contribution in [0, 0.1) is 0 Å². The standard InChI is InChI=1S/C13H17F2NO2/c1-13(2,16)10(7-11(17)18)8-4-3-5-9(6-8)12(14)15/h3-6,10,12H,7,16H2,1-2H3,(H,17,18). The highest BCUT2D eigenvalue weighted by Gasteiger charge is 2.29. The Morgan fingerprint density at radius 3 is 2.39 bits per heavy atom. The van der Waals surface area contributed by atoms with E-state index in [1.807, 2.05) is 0 Å². The highest BCUT2D eigenvalue weighted by atomic mass is 19.3. The number of hydrogen-bond acceptors (Lipinski definition) is 2. The first-order valence-electron chi connectivity index (χ1n) is 5.60. The van der Waals surface area contributed by atoms with E-state index in [-0.39, 0.29) is 12.0 Å². The Morgan fingerprint density at radius 2 is 1.94 bits per heavy atom. The Bertz CT molecular complexity index is 427. The van der Waals surface area contributed by atoms with Crippen LogP contribution in [0.3, 0.4) is 0 Å². The highest BCUT2D eigenvalue weighted by molar-refractivity contribution is 5.68. The molecule has 0 aliphatic heterocycles. The topological polar surface area (TPSA) is 63.3 Å². The molecule has 0 fully saturated rings. The molecule has 3 nitrogen and oxygen atoms in total. The molecule has 0 radical (unpaired) electrons. The van der Waals surface area contributed by atoms with Crippen molar-refractivity contribution in [2.24, 2.45) is 5.73 Å². The van der Waals surface area contributed by atoms with Gasteiger partial charge in [0.15, 0.2) is 0 Å². The summed E-state index contributed by atoms with van der Waals surface area (Å²) in [5, 5.41) is 8.88. The minimum atomic E-state index is -2.57. The van der Waals surface area contributed by atoms with Crippen molar-refractivity contribution in [1.29, 1.82) is 0 Å². The molecule has 3 N–H and O–H groups in total. The number of carboxylic acid groups (broad SMARTS) is 1. The summed E-state index contributed by atoms with van der Waals surface area (Å²) >= 11 is 0. The van der Waals surface area contributed by atoms with E-state index in [0.29, 0.717) is 5.56 Å². The maximum absolute atomic E-state index is 12.6. The minimum absolute atomic E-state index is 0.118. The summed E-state index contributed by atoms with van der Waals surface area (Å²) in [5.74, 6) is -1.50. The normalized spacial score (nSPS) is 13.7. The van der Waals surface area contributed by atoms with Gasteiger partial charge in [0.25, 0.3) is 6.43 Å². The third-order valence-corrected chi connectivity index (χ3v) is 2.84. The maximum Gasteiger partial charge on any atom is 0.304 e. The van der Waals surface area contributed by atoms with E-state index < -0.39 is 23.9 Å². The van der Waals surface area contributed by atoms with Crippen molar-refractivity contribution < 1.29 is 18.7 Å². The number of carbonyl (C=O) groups is 1. The summed E-state index contributed by atoms with van der Waals surface area (Å²) < 4.78 is 25.2. The first-order chi connectivity index (χ1) is 8.21. The zero-order valence-corrected chi connectivity index (χ0v) is 10.4. The average Bonchev–Trinajstić information content (AvgIpc) is 2.24. The summed E-state index contributed by atoms with van der Waals surface area (Å²) in [7, 11) is 0. The van der Waals surface area contributed by atoms with Gasteiger partial charge in [-0.1, -0.05) is 18.2 Å². The molecule has 0 aliphatic carbocycles. The van der Waals surface area contributed by atoms with Crippen molar-refractivity contribution in [1.82, 2.24) is 0 Å². The van der Waals surface area contributed by atoms with Crippen LogP contribution < -0.4 is 5.73 Å². The van der Waals surface area contributed by atoms with Gasteiger partial charge in [0.1, 0.15) is 0 Å². The van der Waals surface area contributed by atoms with Crippen LogP contribution in [0.2, 0.25) is 0 Å². The van der Waals surface area contributed by atoms with Crippen molar-refractivity contribution >= 4 is 5.97 Å². The number of rotatable bonds is 5. The predicted octanol–water partition coefficient (Wildman–Crippen LogP) is 2.92. The lowest BCUT2D eigenvalue weighted by Crippen LogP contribution is -2.40. The molecule has 0 saturated heterocycles. The van der Waals surface area contributed by atoms with Crippen molar-refractivity contribution in [2.75, 3.05) is 0 Å². The van der Waals surface area contributed by atoms with Crippen LogP contribution in [0.25, 0.3) is 0 Å². The molecule has 0 saturated carbocycles. The van der Waals surface area contributed by atoms with E-state index in [1.54, 1.807) is 19.9 Å². The highest BCUT2D eigenvalue weighted by Crippen LogP contribution is 2.31. The summed E-state index contributed by atoms with van der Waals surface area (Å²) in [6.07, 6.45) is -2.76. The Morgan fingerprint density at radius 1 is 1.39 bits per heavy atom. The molecule has 1 aromatic carbocycles. The third-order valence-electron chi connectivity index (χ3n) is 2.84. The molecule has 0 amide bonds. The molecule has 0 heterocycles. The quantitative estimate of drug-likeness (QED) is 0.852. The molecule has 0 aromatic heterocycles. The van der Waals surface area contributed by atoms with Crippen LogP contribution >= 0.6 is 0 Å². The summed E-state index contributed by atoms with van der Waals surface area (Å²) in [6, 6.07) is 5.77. The molecule has 0 spiro atoms. The third kappa shape index (κ3) is 3.77. The fraction of sp³-hybridized carbons (Fsp3) is 0.462. The molecular weight excluding hydrogens is 240 g/mol. The Kier molecular flexibility index (Phi) is 4.40. The van der Waals surface area contributed by atoms with Gasteiger partial charge < -0.3 is 10.8 Å². The Balaban J connectivity index is 3.13. The SMILES string of the molecule is CC(C)(N)C(CC(=O)O)c1cccc(C(F)F)c1. The lowest BCUT2D eigenvalue weighted by Gasteiger charge is -2.30.